The molecule has 1 heterocycles. The second kappa shape index (κ2) is 3.38. The van der Waals surface area contributed by atoms with Gasteiger partial charge < -0.3 is 0 Å². The van der Waals surface area contributed by atoms with E-state index in [1.165, 1.54) is 11.3 Å². The second-order valence-corrected chi connectivity index (χ2v) is 5.96. The molecule has 0 aliphatic heterocycles. The maximum absolute atomic E-state index is 5.99. The first-order valence-electron chi connectivity index (χ1n) is 3.48. The molecule has 0 aliphatic carbocycles. The summed E-state index contributed by atoms with van der Waals surface area (Å²) in [4.78, 5) is 1.04. The van der Waals surface area contributed by atoms with E-state index in [1.807, 2.05) is 0 Å². The predicted octanol–water partition coefficient (Wildman–Crippen LogP) is 5.01. The third kappa shape index (κ3) is 1.90. The SMILES string of the molecule is CC(C)(C)c1sc(Cl)c(Cl)c1Cl. The Hall–Kier alpha value is 0.570. The van der Waals surface area contributed by atoms with E-state index in [4.69, 9.17) is 34.8 Å². The molecule has 0 aromatic carbocycles. The molecule has 0 unspecified atom stereocenters. The van der Waals surface area contributed by atoms with E-state index in [0.717, 1.165) is 4.88 Å². The van der Waals surface area contributed by atoms with E-state index in [0.29, 0.717) is 14.4 Å². The van der Waals surface area contributed by atoms with Crippen molar-refractivity contribution in [3.63, 3.8) is 0 Å². The van der Waals surface area contributed by atoms with Crippen LogP contribution >= 0.6 is 46.1 Å². The molecule has 0 bridgehead atoms. The fraction of sp³-hybridized carbons (Fsp3) is 0.500. The average Bonchev–Trinajstić information content (AvgIpc) is 2.15. The zero-order chi connectivity index (χ0) is 9.52. The van der Waals surface area contributed by atoms with Gasteiger partial charge in [-0.05, 0) is 5.41 Å². The van der Waals surface area contributed by atoms with E-state index in [2.05, 4.69) is 20.8 Å². The number of hydrogen-bond acceptors (Lipinski definition) is 1. The molecule has 1 aromatic heterocycles. The van der Waals surface area contributed by atoms with E-state index < -0.39 is 0 Å². The van der Waals surface area contributed by atoms with Crippen LogP contribution in [0.25, 0.3) is 0 Å². The molecular formula is C8H9Cl3S. The Morgan fingerprint density at radius 3 is 1.67 bits per heavy atom. The Morgan fingerprint density at radius 2 is 1.50 bits per heavy atom. The lowest BCUT2D eigenvalue weighted by atomic mass is 9.95. The lowest BCUT2D eigenvalue weighted by molar-refractivity contribution is 0.604. The van der Waals surface area contributed by atoms with Crippen LogP contribution in [0.4, 0.5) is 0 Å². The average molecular weight is 244 g/mol. The lowest BCUT2D eigenvalue weighted by Crippen LogP contribution is -2.08. The molecule has 0 spiro atoms. The van der Waals surface area contributed by atoms with Gasteiger partial charge in [0, 0.05) is 4.88 Å². The van der Waals surface area contributed by atoms with Gasteiger partial charge in [-0.1, -0.05) is 55.6 Å². The zero-order valence-corrected chi connectivity index (χ0v) is 10.1. The van der Waals surface area contributed by atoms with Crippen molar-refractivity contribution in [1.29, 1.82) is 0 Å². The first-order chi connectivity index (χ1) is 5.34. The standard InChI is InChI=1S/C8H9Cl3S/c1-8(2,3)6-4(9)5(10)7(11)12-6/h1-3H3. The third-order valence-electron chi connectivity index (χ3n) is 1.44. The predicted molar refractivity (Wildman–Crippen MR) is 58.0 cm³/mol. The molecule has 1 aromatic rings. The van der Waals surface area contributed by atoms with Gasteiger partial charge in [0.25, 0.3) is 0 Å². The van der Waals surface area contributed by atoms with Crippen molar-refractivity contribution in [3.8, 4) is 0 Å². The maximum atomic E-state index is 5.99. The van der Waals surface area contributed by atoms with E-state index >= 15 is 0 Å². The topological polar surface area (TPSA) is 0 Å². The highest BCUT2D eigenvalue weighted by Crippen LogP contribution is 2.45. The highest BCUT2D eigenvalue weighted by atomic mass is 35.5. The van der Waals surface area contributed by atoms with E-state index in [-0.39, 0.29) is 5.41 Å². The van der Waals surface area contributed by atoms with Gasteiger partial charge in [-0.3, -0.25) is 0 Å². The molecule has 0 N–H and O–H groups in total. The fourth-order valence-electron chi connectivity index (χ4n) is 0.848. The Kier molecular flexibility index (Phi) is 3.00. The van der Waals surface area contributed by atoms with Crippen molar-refractivity contribution in [2.45, 2.75) is 26.2 Å². The van der Waals surface area contributed by atoms with Crippen LogP contribution in [0.3, 0.4) is 0 Å². The van der Waals surface area contributed by atoms with Crippen molar-refractivity contribution in [3.05, 3.63) is 19.3 Å². The maximum Gasteiger partial charge on any atom is 0.113 e. The summed E-state index contributed by atoms with van der Waals surface area (Å²) in [5, 5.41) is 1.08. The smallest absolute Gasteiger partial charge is 0.113 e. The highest BCUT2D eigenvalue weighted by molar-refractivity contribution is 7.17. The zero-order valence-electron chi connectivity index (χ0n) is 7.04. The van der Waals surface area contributed by atoms with Gasteiger partial charge in [0.1, 0.15) is 4.34 Å². The van der Waals surface area contributed by atoms with Gasteiger partial charge in [-0.25, -0.2) is 0 Å². The summed E-state index contributed by atoms with van der Waals surface area (Å²) in [6.45, 7) is 6.24. The molecule has 0 radical (unpaired) electrons. The fourth-order valence-corrected chi connectivity index (χ4v) is 2.91. The molecule has 0 aliphatic rings. The minimum atomic E-state index is 0.0124. The van der Waals surface area contributed by atoms with Gasteiger partial charge >= 0.3 is 0 Å². The monoisotopic (exact) mass is 242 g/mol. The Labute approximate surface area is 91.4 Å². The van der Waals surface area contributed by atoms with Gasteiger partial charge in [0.15, 0.2) is 0 Å². The van der Waals surface area contributed by atoms with E-state index in [1.54, 1.807) is 0 Å². The molecule has 0 saturated carbocycles. The minimum absolute atomic E-state index is 0.0124. The first-order valence-corrected chi connectivity index (χ1v) is 5.43. The van der Waals surface area contributed by atoms with Crippen molar-refractivity contribution in [2.24, 2.45) is 0 Å². The van der Waals surface area contributed by atoms with Gasteiger partial charge in [-0.2, -0.15) is 0 Å². The summed E-state index contributed by atoms with van der Waals surface area (Å²) in [6, 6.07) is 0. The molecular weight excluding hydrogens is 235 g/mol. The molecule has 1 rings (SSSR count). The van der Waals surface area contributed by atoms with Crippen molar-refractivity contribution in [1.82, 2.24) is 0 Å². The quantitative estimate of drug-likeness (QED) is 0.601. The summed E-state index contributed by atoms with van der Waals surface area (Å²) in [5.74, 6) is 0. The molecule has 0 amide bonds. The number of rotatable bonds is 0. The number of halogens is 3. The van der Waals surface area contributed by atoms with Gasteiger partial charge in [-0.15, -0.1) is 11.3 Å². The minimum Gasteiger partial charge on any atom is -0.125 e. The second-order valence-electron chi connectivity index (χ2n) is 3.58. The van der Waals surface area contributed by atoms with Crippen LogP contribution in [0, 0.1) is 0 Å². The van der Waals surface area contributed by atoms with E-state index in [9.17, 15) is 0 Å². The molecule has 12 heavy (non-hydrogen) atoms. The lowest BCUT2D eigenvalue weighted by Gasteiger charge is -2.16. The summed E-state index contributed by atoms with van der Waals surface area (Å²) >= 11 is 19.1. The van der Waals surface area contributed by atoms with Crippen LogP contribution in [0.5, 0.6) is 0 Å². The van der Waals surface area contributed by atoms with Crippen LogP contribution < -0.4 is 0 Å². The Bertz CT molecular complexity index is 296. The van der Waals surface area contributed by atoms with Crippen LogP contribution in [-0.4, -0.2) is 0 Å². The Morgan fingerprint density at radius 1 is 1.00 bits per heavy atom. The molecule has 0 nitrogen and oxygen atoms in total. The summed E-state index contributed by atoms with van der Waals surface area (Å²) in [6.07, 6.45) is 0. The van der Waals surface area contributed by atoms with Gasteiger partial charge in [0.2, 0.25) is 0 Å². The largest absolute Gasteiger partial charge is 0.125 e. The van der Waals surface area contributed by atoms with Crippen molar-refractivity contribution in [2.75, 3.05) is 0 Å². The third-order valence-corrected chi connectivity index (χ3v) is 4.44. The van der Waals surface area contributed by atoms with Crippen LogP contribution in [0.2, 0.25) is 14.4 Å². The van der Waals surface area contributed by atoms with Crippen LogP contribution in [0.15, 0.2) is 0 Å². The van der Waals surface area contributed by atoms with Gasteiger partial charge in [0.05, 0.1) is 10.0 Å². The van der Waals surface area contributed by atoms with Crippen LogP contribution in [0.1, 0.15) is 25.6 Å². The molecule has 68 valence electrons. The molecule has 4 heteroatoms. The molecule has 0 saturated heterocycles. The number of thiophene rings is 1. The summed E-state index contributed by atoms with van der Waals surface area (Å²) in [5.41, 5.74) is 0.0124. The molecule has 0 fully saturated rings. The summed E-state index contributed by atoms with van der Waals surface area (Å²) in [7, 11) is 0. The highest BCUT2D eigenvalue weighted by Gasteiger charge is 2.23. The first kappa shape index (κ1) is 10.6. The van der Waals surface area contributed by atoms with Crippen molar-refractivity contribution >= 4 is 46.1 Å². The summed E-state index contributed by atoms with van der Waals surface area (Å²) < 4.78 is 0.576. The van der Waals surface area contributed by atoms with Crippen molar-refractivity contribution < 1.29 is 0 Å². The normalized spacial score (nSPS) is 12.2. The Balaban J connectivity index is 3.28. The number of hydrogen-bond donors (Lipinski definition) is 0. The van der Waals surface area contributed by atoms with Crippen LogP contribution in [-0.2, 0) is 5.41 Å². The molecule has 0 atom stereocenters.